The predicted molar refractivity (Wildman–Crippen MR) is 99.3 cm³/mol. The molecule has 0 amide bonds. The van der Waals surface area contributed by atoms with Crippen LogP contribution in [0.25, 0.3) is 5.78 Å². The minimum absolute atomic E-state index is 0.0428. The van der Waals surface area contributed by atoms with Gasteiger partial charge in [0, 0.05) is 24.8 Å². The van der Waals surface area contributed by atoms with Gasteiger partial charge in [0.1, 0.15) is 18.0 Å². The zero-order valence-electron chi connectivity index (χ0n) is 14.4. The van der Waals surface area contributed by atoms with Crippen LogP contribution in [0.5, 0.6) is 0 Å². The van der Waals surface area contributed by atoms with Gasteiger partial charge in [-0.2, -0.15) is 19.6 Å². The number of aliphatic hydroxyl groups excluding tert-OH is 1. The maximum Gasteiger partial charge on any atom is 0.256 e. The van der Waals surface area contributed by atoms with Crippen molar-refractivity contribution in [3.05, 3.63) is 36.7 Å². The van der Waals surface area contributed by atoms with E-state index in [9.17, 15) is 13.5 Å². The van der Waals surface area contributed by atoms with E-state index in [4.69, 9.17) is 5.14 Å². The third-order valence-corrected chi connectivity index (χ3v) is 5.41. The van der Waals surface area contributed by atoms with E-state index < -0.39 is 10.0 Å². The maximum absolute atomic E-state index is 11.4. The fourth-order valence-electron chi connectivity index (χ4n) is 3.02. The average molecular weight is 389 g/mol. The molecular weight excluding hydrogens is 370 g/mol. The largest absolute Gasteiger partial charge is 0.393 e. The van der Waals surface area contributed by atoms with Gasteiger partial charge in [-0.1, -0.05) is 0 Å². The molecule has 1 aromatic carbocycles. The van der Waals surface area contributed by atoms with Crippen LogP contribution in [0.1, 0.15) is 12.8 Å². The molecule has 10 nitrogen and oxygen atoms in total. The first-order chi connectivity index (χ1) is 12.9. The molecule has 27 heavy (non-hydrogen) atoms. The van der Waals surface area contributed by atoms with Crippen molar-refractivity contribution in [3.8, 4) is 0 Å². The Morgan fingerprint density at radius 1 is 1.19 bits per heavy atom. The number of nitrogens with zero attached hydrogens (tertiary/aromatic N) is 5. The van der Waals surface area contributed by atoms with Gasteiger partial charge in [0.2, 0.25) is 10.0 Å². The van der Waals surface area contributed by atoms with E-state index in [0.717, 1.165) is 5.82 Å². The van der Waals surface area contributed by atoms with E-state index >= 15 is 0 Å². The fraction of sp³-hybridized carbons (Fsp3) is 0.312. The van der Waals surface area contributed by atoms with Crippen molar-refractivity contribution in [2.75, 3.05) is 23.3 Å². The lowest BCUT2D eigenvalue weighted by atomic mass is 10.1. The first kappa shape index (κ1) is 17.6. The van der Waals surface area contributed by atoms with Crippen LogP contribution >= 0.6 is 0 Å². The Kier molecular flexibility index (Phi) is 4.42. The lowest BCUT2D eigenvalue weighted by molar-refractivity contribution is 0.145. The minimum atomic E-state index is -3.74. The van der Waals surface area contributed by atoms with Crippen LogP contribution in [0.2, 0.25) is 0 Å². The second-order valence-corrected chi connectivity index (χ2v) is 7.95. The first-order valence-corrected chi connectivity index (χ1v) is 9.98. The van der Waals surface area contributed by atoms with Crippen LogP contribution in [0.15, 0.2) is 41.6 Å². The standard InChI is InChI=1S/C16H19N7O3S/c17-27(25,26)13-3-1-11(2-4-13)20-15-9-14(21-16-18-10-19-23(15)16)22-7-5-12(24)6-8-22/h1-4,9-10,12,20,24H,5-8H2,(H2,17,25,26). The van der Waals surface area contributed by atoms with Crippen LogP contribution in [0, 0.1) is 0 Å². The predicted octanol–water partition coefficient (Wildman–Crippen LogP) is 0.476. The molecule has 4 rings (SSSR count). The van der Waals surface area contributed by atoms with Crippen molar-refractivity contribution in [2.45, 2.75) is 23.8 Å². The third-order valence-electron chi connectivity index (χ3n) is 4.48. The summed E-state index contributed by atoms with van der Waals surface area (Å²) in [6.07, 6.45) is 2.53. The molecule has 0 atom stereocenters. The Labute approximate surface area is 155 Å². The molecule has 0 radical (unpaired) electrons. The number of hydrogen-bond acceptors (Lipinski definition) is 8. The Balaban J connectivity index is 1.65. The number of primary sulfonamides is 1. The summed E-state index contributed by atoms with van der Waals surface area (Å²) >= 11 is 0. The SMILES string of the molecule is NS(=O)(=O)c1ccc(Nc2cc(N3CCC(O)CC3)nc3ncnn23)cc1. The summed E-state index contributed by atoms with van der Waals surface area (Å²) in [5.74, 6) is 1.83. The highest BCUT2D eigenvalue weighted by Crippen LogP contribution is 2.25. The molecule has 11 heteroatoms. The normalized spacial score (nSPS) is 16.0. The molecule has 1 saturated heterocycles. The van der Waals surface area contributed by atoms with Crippen molar-refractivity contribution >= 4 is 33.1 Å². The molecule has 4 N–H and O–H groups in total. The molecule has 3 aromatic rings. The third kappa shape index (κ3) is 3.70. The van der Waals surface area contributed by atoms with E-state index in [0.29, 0.717) is 43.2 Å². The topological polar surface area (TPSA) is 139 Å². The van der Waals surface area contributed by atoms with Crippen molar-refractivity contribution < 1.29 is 13.5 Å². The average Bonchev–Trinajstić information content (AvgIpc) is 3.11. The molecule has 1 fully saturated rings. The van der Waals surface area contributed by atoms with Gasteiger partial charge in [0.25, 0.3) is 5.78 Å². The number of fused-ring (bicyclic) bond motifs is 1. The van der Waals surface area contributed by atoms with Gasteiger partial charge in [-0.3, -0.25) is 0 Å². The summed E-state index contributed by atoms with van der Waals surface area (Å²) in [7, 11) is -3.74. The van der Waals surface area contributed by atoms with Crippen molar-refractivity contribution in [1.82, 2.24) is 19.6 Å². The summed E-state index contributed by atoms with van der Waals surface area (Å²) in [6.45, 7) is 1.42. The van der Waals surface area contributed by atoms with E-state index in [2.05, 4.69) is 25.3 Å². The summed E-state index contributed by atoms with van der Waals surface area (Å²) in [6, 6.07) is 7.97. The van der Waals surface area contributed by atoms with Crippen LogP contribution in [0.4, 0.5) is 17.3 Å². The number of aromatic nitrogens is 4. The lowest BCUT2D eigenvalue weighted by Gasteiger charge is -2.30. The second kappa shape index (κ2) is 6.76. The molecule has 1 aliphatic rings. The second-order valence-electron chi connectivity index (χ2n) is 6.38. The zero-order valence-corrected chi connectivity index (χ0v) is 15.2. The molecular formula is C16H19N7O3S. The van der Waals surface area contributed by atoms with Crippen molar-refractivity contribution in [3.63, 3.8) is 0 Å². The number of aliphatic hydroxyl groups is 1. The highest BCUT2D eigenvalue weighted by Gasteiger charge is 2.20. The number of benzene rings is 1. The van der Waals surface area contributed by atoms with Crippen LogP contribution < -0.4 is 15.4 Å². The molecule has 0 unspecified atom stereocenters. The van der Waals surface area contributed by atoms with Crippen LogP contribution in [0.3, 0.4) is 0 Å². The minimum Gasteiger partial charge on any atom is -0.393 e. The highest BCUT2D eigenvalue weighted by molar-refractivity contribution is 7.89. The van der Waals surface area contributed by atoms with Gasteiger partial charge in [-0.05, 0) is 37.1 Å². The van der Waals surface area contributed by atoms with Gasteiger partial charge >= 0.3 is 0 Å². The Morgan fingerprint density at radius 2 is 1.89 bits per heavy atom. The smallest absolute Gasteiger partial charge is 0.256 e. The molecule has 1 aliphatic heterocycles. The van der Waals surface area contributed by atoms with E-state index in [1.165, 1.54) is 18.5 Å². The molecule has 0 aliphatic carbocycles. The number of nitrogens with one attached hydrogen (secondary N) is 1. The number of piperidine rings is 1. The van der Waals surface area contributed by atoms with Gasteiger partial charge in [0.15, 0.2) is 0 Å². The highest BCUT2D eigenvalue weighted by atomic mass is 32.2. The van der Waals surface area contributed by atoms with Crippen LogP contribution in [-0.2, 0) is 10.0 Å². The van der Waals surface area contributed by atoms with E-state index in [1.54, 1.807) is 16.6 Å². The van der Waals surface area contributed by atoms with Gasteiger partial charge < -0.3 is 15.3 Å². The quantitative estimate of drug-likeness (QED) is 0.585. The Morgan fingerprint density at radius 3 is 2.56 bits per heavy atom. The number of anilines is 3. The maximum atomic E-state index is 11.4. The van der Waals surface area contributed by atoms with Gasteiger partial charge in [-0.15, -0.1) is 0 Å². The molecule has 0 saturated carbocycles. The Bertz CT molecular complexity index is 1060. The monoisotopic (exact) mass is 389 g/mol. The number of hydrogen-bond donors (Lipinski definition) is 3. The summed E-state index contributed by atoms with van der Waals surface area (Å²) in [5.41, 5.74) is 0.672. The lowest BCUT2D eigenvalue weighted by Crippen LogP contribution is -2.36. The van der Waals surface area contributed by atoms with Gasteiger partial charge in [-0.25, -0.2) is 13.6 Å². The molecule has 2 aromatic heterocycles. The number of sulfonamides is 1. The van der Waals surface area contributed by atoms with E-state index in [1.807, 2.05) is 6.07 Å². The van der Waals surface area contributed by atoms with Crippen molar-refractivity contribution in [2.24, 2.45) is 5.14 Å². The van der Waals surface area contributed by atoms with Crippen molar-refractivity contribution in [1.29, 1.82) is 0 Å². The van der Waals surface area contributed by atoms with Crippen LogP contribution in [-0.4, -0.2) is 52.3 Å². The molecule has 142 valence electrons. The van der Waals surface area contributed by atoms with Gasteiger partial charge in [0.05, 0.1) is 11.0 Å². The fourth-order valence-corrected chi connectivity index (χ4v) is 3.54. The summed E-state index contributed by atoms with van der Waals surface area (Å²) < 4.78 is 24.3. The zero-order chi connectivity index (χ0) is 19.0. The first-order valence-electron chi connectivity index (χ1n) is 8.44. The summed E-state index contributed by atoms with van der Waals surface area (Å²) in [4.78, 5) is 10.8. The number of rotatable bonds is 4. The Hall–Kier alpha value is -2.76. The number of nitrogens with two attached hydrogens (primary N) is 1. The molecule has 0 bridgehead atoms. The molecule has 0 spiro atoms. The summed E-state index contributed by atoms with van der Waals surface area (Å²) in [5, 5.41) is 22.2. The van der Waals surface area contributed by atoms with E-state index in [-0.39, 0.29) is 11.0 Å². The molecule has 3 heterocycles.